The van der Waals surface area contributed by atoms with E-state index < -0.39 is 5.56 Å². The molecule has 3 N–H and O–H groups in total. The third-order valence-electron chi connectivity index (χ3n) is 2.08. The maximum atomic E-state index is 11.7. The number of H-pyrrole nitrogens is 1. The average Bonchev–Trinajstić information content (AvgIpc) is 2.57. The second-order valence-electron chi connectivity index (χ2n) is 3.27. The summed E-state index contributed by atoms with van der Waals surface area (Å²) in [6, 6.07) is 0. The number of aromatic amines is 1. The molecule has 6 nitrogen and oxygen atoms in total. The number of nitrogens with one attached hydrogen (secondary N) is 1. The monoisotopic (exact) mass is 250 g/mol. The van der Waals surface area contributed by atoms with E-state index in [1.807, 2.05) is 6.92 Å². The fourth-order valence-corrected chi connectivity index (χ4v) is 2.20. The highest BCUT2D eigenvalue weighted by atomic mass is 32.1. The van der Waals surface area contributed by atoms with Crippen LogP contribution in [0.2, 0.25) is 0 Å². The summed E-state index contributed by atoms with van der Waals surface area (Å²) in [4.78, 5) is 29.3. The molecular weight excluding hydrogens is 240 g/mol. The number of aromatic nitrogens is 3. The summed E-state index contributed by atoms with van der Waals surface area (Å²) < 4.78 is 1.64. The van der Waals surface area contributed by atoms with E-state index in [9.17, 15) is 9.59 Å². The van der Waals surface area contributed by atoms with Crippen LogP contribution in [0, 0.1) is 11.8 Å². The quantitative estimate of drug-likeness (QED) is 0.704. The summed E-state index contributed by atoms with van der Waals surface area (Å²) in [5.74, 6) is 5.69. The van der Waals surface area contributed by atoms with Gasteiger partial charge in [-0.05, 0) is 0 Å². The van der Waals surface area contributed by atoms with Gasteiger partial charge in [0.05, 0.1) is 6.54 Å². The van der Waals surface area contributed by atoms with E-state index in [1.54, 1.807) is 0 Å². The van der Waals surface area contributed by atoms with E-state index in [2.05, 4.69) is 21.8 Å². The molecule has 0 amide bonds. The number of rotatable bonds is 1. The molecule has 2 heterocycles. The number of thiazole rings is 1. The van der Waals surface area contributed by atoms with Crippen LogP contribution in [0.15, 0.2) is 9.59 Å². The van der Waals surface area contributed by atoms with Crippen molar-refractivity contribution in [2.24, 2.45) is 0 Å². The van der Waals surface area contributed by atoms with Gasteiger partial charge >= 0.3 is 4.87 Å². The van der Waals surface area contributed by atoms with Crippen LogP contribution in [-0.2, 0) is 6.54 Å². The Morgan fingerprint density at radius 2 is 2.24 bits per heavy atom. The van der Waals surface area contributed by atoms with Gasteiger partial charge in [0.15, 0.2) is 5.65 Å². The molecule has 0 aliphatic carbocycles. The van der Waals surface area contributed by atoms with E-state index in [0.29, 0.717) is 12.1 Å². The van der Waals surface area contributed by atoms with Crippen molar-refractivity contribution in [2.45, 2.75) is 19.9 Å². The highest BCUT2D eigenvalue weighted by molar-refractivity contribution is 7.16. The first kappa shape index (κ1) is 11.4. The molecule has 0 aromatic carbocycles. The molecule has 0 unspecified atom stereocenters. The second-order valence-corrected chi connectivity index (χ2v) is 4.23. The largest absolute Gasteiger partial charge is 0.369 e. The average molecular weight is 250 g/mol. The first-order valence-electron chi connectivity index (χ1n) is 4.98. The summed E-state index contributed by atoms with van der Waals surface area (Å²) in [6.45, 7) is 2.14. The summed E-state index contributed by atoms with van der Waals surface area (Å²) in [6.07, 6.45) is 0.715. The Balaban J connectivity index is 2.67. The van der Waals surface area contributed by atoms with Crippen molar-refractivity contribution < 1.29 is 0 Å². The van der Waals surface area contributed by atoms with Crippen molar-refractivity contribution in [1.82, 2.24) is 14.5 Å². The number of fused-ring (bicyclic) bond motifs is 1. The smallest absolute Gasteiger partial charge is 0.310 e. The third-order valence-corrected chi connectivity index (χ3v) is 3.05. The van der Waals surface area contributed by atoms with Crippen LogP contribution in [0.25, 0.3) is 10.3 Å². The Morgan fingerprint density at radius 3 is 2.94 bits per heavy atom. The first-order chi connectivity index (χ1) is 8.13. The Morgan fingerprint density at radius 1 is 1.47 bits per heavy atom. The Labute approximate surface area is 100 Å². The molecule has 0 atom stereocenters. The van der Waals surface area contributed by atoms with Crippen LogP contribution in [0.3, 0.4) is 0 Å². The predicted molar refractivity (Wildman–Crippen MR) is 67.0 cm³/mol. The van der Waals surface area contributed by atoms with Gasteiger partial charge < -0.3 is 5.73 Å². The molecule has 0 spiro atoms. The molecular formula is C10H10N4O2S. The summed E-state index contributed by atoms with van der Waals surface area (Å²) in [5, 5.41) is 0. The third kappa shape index (κ3) is 2.07. The lowest BCUT2D eigenvalue weighted by atomic mass is 10.4. The molecule has 2 rings (SSSR count). The number of nitrogens with zero attached hydrogens (tertiary/aromatic N) is 2. The Bertz CT molecular complexity index is 729. The van der Waals surface area contributed by atoms with Gasteiger partial charge in [0.2, 0.25) is 5.95 Å². The van der Waals surface area contributed by atoms with E-state index in [4.69, 9.17) is 5.73 Å². The zero-order valence-electron chi connectivity index (χ0n) is 9.11. The number of nitrogens with two attached hydrogens (primary N) is 1. The normalized spacial score (nSPS) is 10.2. The maximum Gasteiger partial charge on any atom is 0.310 e. The summed E-state index contributed by atoms with van der Waals surface area (Å²) >= 11 is 0.850. The molecule has 88 valence electrons. The highest BCUT2D eigenvalue weighted by Gasteiger charge is 2.11. The molecule has 0 fully saturated rings. The molecule has 0 saturated heterocycles. The zero-order valence-corrected chi connectivity index (χ0v) is 9.93. The summed E-state index contributed by atoms with van der Waals surface area (Å²) in [7, 11) is 0. The Kier molecular flexibility index (Phi) is 2.97. The van der Waals surface area contributed by atoms with Crippen LogP contribution in [0.5, 0.6) is 0 Å². The van der Waals surface area contributed by atoms with Gasteiger partial charge in [0, 0.05) is 6.42 Å². The molecule has 0 aliphatic rings. The van der Waals surface area contributed by atoms with Crippen LogP contribution in [0.1, 0.15) is 13.3 Å². The van der Waals surface area contributed by atoms with Crippen molar-refractivity contribution in [1.29, 1.82) is 0 Å². The number of hydrogen-bond acceptors (Lipinski definition) is 5. The second kappa shape index (κ2) is 4.43. The van der Waals surface area contributed by atoms with Gasteiger partial charge in [-0.25, -0.2) is 0 Å². The molecule has 0 aliphatic heterocycles. The lowest BCUT2D eigenvalue weighted by molar-refractivity contribution is 0.844. The lowest BCUT2D eigenvalue weighted by Crippen LogP contribution is -2.15. The number of anilines is 1. The van der Waals surface area contributed by atoms with Gasteiger partial charge in [0.1, 0.15) is 4.70 Å². The maximum absolute atomic E-state index is 11.7. The van der Waals surface area contributed by atoms with Crippen molar-refractivity contribution in [2.75, 3.05) is 5.73 Å². The molecule has 7 heteroatoms. The van der Waals surface area contributed by atoms with Gasteiger partial charge in [-0.3, -0.25) is 19.1 Å². The minimum Gasteiger partial charge on any atom is -0.369 e. The first-order valence-corrected chi connectivity index (χ1v) is 5.80. The number of hydrogen-bond donors (Lipinski definition) is 2. The minimum atomic E-state index is -0.392. The minimum absolute atomic E-state index is 0.00231. The predicted octanol–water partition coefficient (Wildman–Crippen LogP) is 0.142. The van der Waals surface area contributed by atoms with Crippen molar-refractivity contribution in [3.63, 3.8) is 0 Å². The van der Waals surface area contributed by atoms with Gasteiger partial charge in [-0.2, -0.15) is 4.98 Å². The van der Waals surface area contributed by atoms with Crippen LogP contribution in [0.4, 0.5) is 5.95 Å². The lowest BCUT2D eigenvalue weighted by Gasteiger charge is -1.97. The van der Waals surface area contributed by atoms with E-state index in [-0.39, 0.29) is 22.1 Å². The van der Waals surface area contributed by atoms with Crippen molar-refractivity contribution in [3.05, 3.63) is 20.0 Å². The molecule has 0 radical (unpaired) electrons. The van der Waals surface area contributed by atoms with Crippen molar-refractivity contribution >= 4 is 27.6 Å². The van der Waals surface area contributed by atoms with E-state index >= 15 is 0 Å². The van der Waals surface area contributed by atoms with Gasteiger partial charge in [0.25, 0.3) is 5.56 Å². The fourth-order valence-electron chi connectivity index (χ4n) is 1.37. The molecule has 2 aromatic rings. The SMILES string of the molecule is CCC#CCn1c(=O)sc2c(=O)[nH]c(N)nc21. The van der Waals surface area contributed by atoms with Gasteiger partial charge in [-0.15, -0.1) is 5.92 Å². The van der Waals surface area contributed by atoms with E-state index in [0.717, 1.165) is 11.3 Å². The standard InChI is InChI=1S/C10H10N4O2S/c1-2-3-4-5-14-7-6(17-10(14)16)8(15)13-9(11)12-7/h2,5H2,1H3,(H3,11,12,13,15). The molecule has 17 heavy (non-hydrogen) atoms. The van der Waals surface area contributed by atoms with E-state index in [1.165, 1.54) is 4.57 Å². The van der Waals surface area contributed by atoms with Crippen molar-refractivity contribution in [3.8, 4) is 11.8 Å². The molecule has 0 bridgehead atoms. The Hall–Kier alpha value is -2.07. The topological polar surface area (TPSA) is 93.8 Å². The number of nitrogen functional groups attached to an aromatic ring is 1. The highest BCUT2D eigenvalue weighted by Crippen LogP contribution is 2.10. The van der Waals surface area contributed by atoms with Crippen LogP contribution in [-0.4, -0.2) is 14.5 Å². The fraction of sp³-hybridized carbons (Fsp3) is 0.300. The van der Waals surface area contributed by atoms with Crippen LogP contribution < -0.4 is 16.2 Å². The van der Waals surface area contributed by atoms with Gasteiger partial charge in [-0.1, -0.05) is 24.2 Å². The molecule has 0 saturated carbocycles. The zero-order chi connectivity index (χ0) is 12.4. The van der Waals surface area contributed by atoms with Crippen LogP contribution >= 0.6 is 11.3 Å². The summed E-state index contributed by atoms with van der Waals surface area (Å²) in [5.41, 5.74) is 5.35. The molecule has 2 aromatic heterocycles.